The smallest absolute Gasteiger partial charge is 0.160 e. The van der Waals surface area contributed by atoms with E-state index in [-0.39, 0.29) is 0 Å². The number of halogens is 1. The normalized spacial score (nSPS) is 10.4. The van der Waals surface area contributed by atoms with Gasteiger partial charge in [-0.25, -0.2) is 9.97 Å². The van der Waals surface area contributed by atoms with Crippen LogP contribution in [0.3, 0.4) is 0 Å². The van der Waals surface area contributed by atoms with Crippen molar-refractivity contribution in [2.75, 3.05) is 6.61 Å². The van der Waals surface area contributed by atoms with E-state index in [0.29, 0.717) is 6.61 Å². The Bertz CT molecular complexity index is 529. The fraction of sp³-hybridized carbons (Fsp3) is 0.286. The van der Waals surface area contributed by atoms with Gasteiger partial charge in [0, 0.05) is 16.8 Å². The summed E-state index contributed by atoms with van der Waals surface area (Å²) in [7, 11) is 0. The first-order chi connectivity index (χ1) is 8.61. The molecule has 2 rings (SSSR count). The molecular formula is C14H15BrN2O. The topological polar surface area (TPSA) is 35.0 Å². The highest BCUT2D eigenvalue weighted by molar-refractivity contribution is 9.10. The van der Waals surface area contributed by atoms with E-state index in [4.69, 9.17) is 4.74 Å². The second-order valence-electron chi connectivity index (χ2n) is 4.01. The molecule has 1 heterocycles. The number of benzene rings is 1. The summed E-state index contributed by atoms with van der Waals surface area (Å²) in [5.74, 6) is 1.59. The lowest BCUT2D eigenvalue weighted by Crippen LogP contribution is -1.97. The van der Waals surface area contributed by atoms with Crippen molar-refractivity contribution >= 4 is 15.9 Å². The van der Waals surface area contributed by atoms with E-state index in [1.165, 1.54) is 0 Å². The van der Waals surface area contributed by atoms with Crippen LogP contribution in [0.15, 0.2) is 28.9 Å². The summed E-state index contributed by atoms with van der Waals surface area (Å²) in [6.45, 7) is 6.63. The first-order valence-electron chi connectivity index (χ1n) is 5.85. The van der Waals surface area contributed by atoms with Crippen molar-refractivity contribution < 1.29 is 4.74 Å². The number of hydrogen-bond donors (Lipinski definition) is 0. The van der Waals surface area contributed by atoms with Gasteiger partial charge in [-0.15, -0.1) is 0 Å². The van der Waals surface area contributed by atoms with Gasteiger partial charge < -0.3 is 4.74 Å². The van der Waals surface area contributed by atoms with Gasteiger partial charge in [-0.3, -0.25) is 0 Å². The Hall–Kier alpha value is -1.42. The van der Waals surface area contributed by atoms with Crippen LogP contribution in [0.5, 0.6) is 5.75 Å². The van der Waals surface area contributed by atoms with Crippen LogP contribution in [0.1, 0.15) is 18.2 Å². The van der Waals surface area contributed by atoms with E-state index in [1.807, 2.05) is 45.0 Å². The highest BCUT2D eigenvalue weighted by atomic mass is 79.9. The molecule has 0 atom stereocenters. The lowest BCUT2D eigenvalue weighted by atomic mass is 10.2. The minimum atomic E-state index is 0.672. The lowest BCUT2D eigenvalue weighted by Gasteiger charge is -2.07. The largest absolute Gasteiger partial charge is 0.494 e. The summed E-state index contributed by atoms with van der Waals surface area (Å²) in [5, 5.41) is 0. The molecule has 0 saturated carbocycles. The van der Waals surface area contributed by atoms with Crippen molar-refractivity contribution in [1.82, 2.24) is 9.97 Å². The predicted molar refractivity (Wildman–Crippen MR) is 75.8 cm³/mol. The molecule has 0 radical (unpaired) electrons. The van der Waals surface area contributed by atoms with Gasteiger partial charge in [0.15, 0.2) is 5.82 Å². The minimum Gasteiger partial charge on any atom is -0.494 e. The van der Waals surface area contributed by atoms with Crippen LogP contribution in [0.25, 0.3) is 11.4 Å². The Labute approximate surface area is 115 Å². The molecule has 0 bridgehead atoms. The molecule has 1 aromatic carbocycles. The van der Waals surface area contributed by atoms with Gasteiger partial charge >= 0.3 is 0 Å². The molecule has 0 fully saturated rings. The maximum atomic E-state index is 5.41. The van der Waals surface area contributed by atoms with Crippen LogP contribution in [0.2, 0.25) is 0 Å². The summed E-state index contributed by atoms with van der Waals surface area (Å²) in [4.78, 5) is 8.94. The minimum absolute atomic E-state index is 0.672. The van der Waals surface area contributed by atoms with Crippen molar-refractivity contribution in [3.05, 3.63) is 40.1 Å². The van der Waals surface area contributed by atoms with Gasteiger partial charge in [0.1, 0.15) is 10.4 Å². The zero-order valence-electron chi connectivity index (χ0n) is 10.7. The third-order valence-corrected chi connectivity index (χ3v) is 3.53. The molecule has 0 saturated heterocycles. The standard InChI is InChI=1S/C14H15BrN2O/c1-4-18-12-7-5-11(6-8-12)14-16-10(3)9(2)13(15)17-14/h5-8H,4H2,1-3H3. The second-order valence-corrected chi connectivity index (χ2v) is 4.76. The highest BCUT2D eigenvalue weighted by Crippen LogP contribution is 2.23. The molecule has 0 aliphatic carbocycles. The zero-order chi connectivity index (χ0) is 13.1. The summed E-state index contributed by atoms with van der Waals surface area (Å²) >= 11 is 3.46. The maximum absolute atomic E-state index is 5.41. The first-order valence-corrected chi connectivity index (χ1v) is 6.65. The van der Waals surface area contributed by atoms with Gasteiger partial charge in [-0.05, 0) is 61.0 Å². The Morgan fingerprint density at radius 3 is 2.33 bits per heavy atom. The average molecular weight is 307 g/mol. The van der Waals surface area contributed by atoms with Crippen molar-refractivity contribution in [1.29, 1.82) is 0 Å². The zero-order valence-corrected chi connectivity index (χ0v) is 12.3. The third-order valence-electron chi connectivity index (χ3n) is 2.75. The summed E-state index contributed by atoms with van der Waals surface area (Å²) in [6.07, 6.45) is 0. The third kappa shape index (κ3) is 2.70. The van der Waals surface area contributed by atoms with Crippen molar-refractivity contribution in [3.63, 3.8) is 0 Å². The van der Waals surface area contributed by atoms with Gasteiger partial charge in [-0.1, -0.05) is 0 Å². The molecule has 0 aliphatic heterocycles. The average Bonchev–Trinajstić information content (AvgIpc) is 2.37. The predicted octanol–water partition coefficient (Wildman–Crippen LogP) is 3.92. The first kappa shape index (κ1) is 13.0. The Balaban J connectivity index is 2.36. The van der Waals surface area contributed by atoms with E-state index in [0.717, 1.165) is 33.0 Å². The molecule has 4 heteroatoms. The second kappa shape index (κ2) is 5.48. The molecule has 3 nitrogen and oxygen atoms in total. The summed E-state index contributed by atoms with van der Waals surface area (Å²) in [6, 6.07) is 7.82. The molecule has 1 aromatic heterocycles. The van der Waals surface area contributed by atoms with Crippen molar-refractivity contribution in [3.8, 4) is 17.1 Å². The number of ether oxygens (including phenoxy) is 1. The number of rotatable bonds is 3. The number of nitrogens with zero attached hydrogens (tertiary/aromatic N) is 2. The molecule has 0 spiro atoms. The van der Waals surface area contributed by atoms with Crippen molar-refractivity contribution in [2.45, 2.75) is 20.8 Å². The Kier molecular flexibility index (Phi) is 3.97. The van der Waals surface area contributed by atoms with E-state index in [1.54, 1.807) is 0 Å². The van der Waals surface area contributed by atoms with E-state index in [2.05, 4.69) is 25.9 Å². The number of aromatic nitrogens is 2. The molecule has 0 amide bonds. The van der Waals surface area contributed by atoms with E-state index in [9.17, 15) is 0 Å². The van der Waals surface area contributed by atoms with Crippen LogP contribution < -0.4 is 4.74 Å². The fourth-order valence-electron chi connectivity index (χ4n) is 1.59. The Morgan fingerprint density at radius 1 is 1.11 bits per heavy atom. The molecule has 0 aliphatic rings. The van der Waals surface area contributed by atoms with E-state index < -0.39 is 0 Å². The quantitative estimate of drug-likeness (QED) is 0.806. The number of hydrogen-bond acceptors (Lipinski definition) is 3. The van der Waals surface area contributed by atoms with Crippen LogP contribution in [-0.4, -0.2) is 16.6 Å². The molecule has 0 unspecified atom stereocenters. The molecule has 94 valence electrons. The SMILES string of the molecule is CCOc1ccc(-c2nc(C)c(C)c(Br)n2)cc1. The monoisotopic (exact) mass is 306 g/mol. The van der Waals surface area contributed by atoms with E-state index >= 15 is 0 Å². The summed E-state index contributed by atoms with van der Waals surface area (Å²) < 4.78 is 6.26. The molecule has 18 heavy (non-hydrogen) atoms. The highest BCUT2D eigenvalue weighted by Gasteiger charge is 2.07. The lowest BCUT2D eigenvalue weighted by molar-refractivity contribution is 0.340. The van der Waals surface area contributed by atoms with Gasteiger partial charge in [0.25, 0.3) is 0 Å². The van der Waals surface area contributed by atoms with Crippen LogP contribution >= 0.6 is 15.9 Å². The van der Waals surface area contributed by atoms with Gasteiger partial charge in [0.2, 0.25) is 0 Å². The fourth-order valence-corrected chi connectivity index (χ4v) is 2.04. The maximum Gasteiger partial charge on any atom is 0.160 e. The summed E-state index contributed by atoms with van der Waals surface area (Å²) in [5.41, 5.74) is 3.05. The van der Waals surface area contributed by atoms with Crippen LogP contribution in [0, 0.1) is 13.8 Å². The van der Waals surface area contributed by atoms with Crippen molar-refractivity contribution in [2.24, 2.45) is 0 Å². The van der Waals surface area contributed by atoms with Crippen LogP contribution in [0.4, 0.5) is 0 Å². The number of aryl methyl sites for hydroxylation is 1. The van der Waals surface area contributed by atoms with Gasteiger partial charge in [0.05, 0.1) is 6.61 Å². The molecule has 0 N–H and O–H groups in total. The Morgan fingerprint density at radius 2 is 1.78 bits per heavy atom. The molecular weight excluding hydrogens is 292 g/mol. The van der Waals surface area contributed by atoms with Gasteiger partial charge in [-0.2, -0.15) is 0 Å². The molecule has 2 aromatic rings. The van der Waals surface area contributed by atoms with Crippen LogP contribution in [-0.2, 0) is 0 Å².